The maximum atomic E-state index is 12.8. The number of H-pyrrole nitrogens is 1. The van der Waals surface area contributed by atoms with Gasteiger partial charge in [0.1, 0.15) is 5.82 Å². The van der Waals surface area contributed by atoms with Gasteiger partial charge < -0.3 is 10.3 Å². The zero-order valence-electron chi connectivity index (χ0n) is 15.9. The highest BCUT2D eigenvalue weighted by Gasteiger charge is 2.28. The van der Waals surface area contributed by atoms with Gasteiger partial charge in [-0.15, -0.1) is 0 Å². The predicted molar refractivity (Wildman–Crippen MR) is 114 cm³/mol. The number of rotatable bonds is 4. The van der Waals surface area contributed by atoms with Crippen molar-refractivity contribution >= 4 is 44.3 Å². The average Bonchev–Trinajstić information content (AvgIpc) is 3.13. The second kappa shape index (κ2) is 7.68. The Balaban J connectivity index is 1.57. The summed E-state index contributed by atoms with van der Waals surface area (Å²) in [6.07, 6.45) is 1.39. The Labute approximate surface area is 174 Å². The summed E-state index contributed by atoms with van der Waals surface area (Å²) in [5.74, 6) is 0.403. The number of benzene rings is 2. The summed E-state index contributed by atoms with van der Waals surface area (Å²) in [5.41, 5.74) is 2.41. The highest BCUT2D eigenvalue weighted by Crippen LogP contribution is 2.31. The van der Waals surface area contributed by atoms with Crippen LogP contribution in [0, 0.1) is 0 Å². The normalized spacial score (nSPS) is 17.2. The van der Waals surface area contributed by atoms with E-state index in [0.717, 1.165) is 17.5 Å². The third kappa shape index (κ3) is 3.95. The monoisotopic (exact) mass is 432 g/mol. The molecule has 1 aliphatic heterocycles. The number of anilines is 1. The lowest BCUT2D eigenvalue weighted by Crippen LogP contribution is -2.38. The average molecular weight is 433 g/mol. The molecule has 0 radical (unpaired) electrons. The number of imidazole rings is 1. The van der Waals surface area contributed by atoms with Crippen molar-refractivity contribution in [1.82, 2.24) is 15.3 Å². The lowest BCUT2D eigenvalue weighted by Gasteiger charge is -2.29. The van der Waals surface area contributed by atoms with Crippen molar-refractivity contribution < 1.29 is 13.2 Å². The van der Waals surface area contributed by atoms with Gasteiger partial charge in [0.25, 0.3) is 5.91 Å². The molecule has 1 aliphatic rings. The quantitative estimate of drug-likeness (QED) is 0.658. The Morgan fingerprint density at radius 1 is 1.24 bits per heavy atom. The fourth-order valence-electron chi connectivity index (χ4n) is 3.43. The molecule has 1 saturated heterocycles. The lowest BCUT2D eigenvalue weighted by molar-refractivity contribution is 0.0938. The van der Waals surface area contributed by atoms with Gasteiger partial charge in [-0.25, -0.2) is 13.4 Å². The van der Waals surface area contributed by atoms with Gasteiger partial charge in [0.15, 0.2) is 0 Å². The standard InChI is InChI=1S/C20H21ClN4O3S/c1-13(19-23-16-6-2-3-7-17(16)24-19)22-20(26)14-8-9-15(21)18(12-14)25-10-4-5-11-29(25,27)28/h2-3,6-9,12-13H,4-5,10-11H2,1H3,(H,22,26)(H,23,24)/t13-/m1/s1. The van der Waals surface area contributed by atoms with Crippen molar-refractivity contribution in [3.8, 4) is 0 Å². The molecule has 3 aromatic rings. The summed E-state index contributed by atoms with van der Waals surface area (Å²) < 4.78 is 26.1. The number of amides is 1. The van der Waals surface area contributed by atoms with Crippen molar-refractivity contribution in [1.29, 1.82) is 0 Å². The maximum Gasteiger partial charge on any atom is 0.251 e. The van der Waals surface area contributed by atoms with E-state index in [-0.39, 0.29) is 17.7 Å². The van der Waals surface area contributed by atoms with Crippen LogP contribution >= 0.6 is 11.6 Å². The van der Waals surface area contributed by atoms with Crippen LogP contribution in [-0.4, -0.2) is 36.6 Å². The molecule has 1 fully saturated rings. The maximum absolute atomic E-state index is 12.8. The number of nitrogens with zero attached hydrogens (tertiary/aromatic N) is 2. The summed E-state index contributed by atoms with van der Waals surface area (Å²) in [7, 11) is -3.42. The summed E-state index contributed by atoms with van der Waals surface area (Å²) in [5, 5.41) is 3.20. The van der Waals surface area contributed by atoms with Crippen LogP contribution in [-0.2, 0) is 10.0 Å². The molecule has 0 saturated carbocycles. The molecule has 1 aromatic heterocycles. The third-order valence-corrected chi connectivity index (χ3v) is 7.17. The minimum absolute atomic E-state index is 0.0862. The number of carbonyl (C=O) groups is 1. The Kier molecular flexibility index (Phi) is 5.23. The summed E-state index contributed by atoms with van der Waals surface area (Å²) >= 11 is 6.26. The molecule has 0 aliphatic carbocycles. The van der Waals surface area contributed by atoms with Crippen LogP contribution in [0.15, 0.2) is 42.5 Å². The molecule has 2 aromatic carbocycles. The van der Waals surface area contributed by atoms with Crippen molar-refractivity contribution in [3.05, 3.63) is 58.9 Å². The van der Waals surface area contributed by atoms with Crippen molar-refractivity contribution in [2.45, 2.75) is 25.8 Å². The number of carbonyl (C=O) groups excluding carboxylic acids is 1. The second-order valence-corrected chi connectivity index (χ2v) is 9.52. The number of hydrogen-bond donors (Lipinski definition) is 2. The minimum atomic E-state index is -3.42. The zero-order valence-corrected chi connectivity index (χ0v) is 17.4. The van der Waals surface area contributed by atoms with Gasteiger partial charge in [0.2, 0.25) is 10.0 Å². The first-order chi connectivity index (χ1) is 13.8. The van der Waals surface area contributed by atoms with Crippen LogP contribution < -0.4 is 9.62 Å². The third-order valence-electron chi connectivity index (χ3n) is 4.99. The van der Waals surface area contributed by atoms with Gasteiger partial charge in [0.05, 0.1) is 33.5 Å². The molecule has 0 unspecified atom stereocenters. The van der Waals surface area contributed by atoms with E-state index in [2.05, 4.69) is 15.3 Å². The van der Waals surface area contributed by atoms with Crippen LogP contribution in [0.4, 0.5) is 5.69 Å². The van der Waals surface area contributed by atoms with E-state index < -0.39 is 10.0 Å². The SMILES string of the molecule is C[C@@H](NC(=O)c1ccc(Cl)c(N2CCCCS2(=O)=O)c1)c1nc2ccccc2[nH]1. The number of nitrogens with one attached hydrogen (secondary N) is 2. The molecular weight excluding hydrogens is 412 g/mol. The van der Waals surface area contributed by atoms with E-state index in [1.165, 1.54) is 10.4 Å². The molecule has 9 heteroatoms. The Bertz CT molecular complexity index is 1140. The summed E-state index contributed by atoms with van der Waals surface area (Å²) in [6, 6.07) is 12.0. The topological polar surface area (TPSA) is 95.2 Å². The van der Waals surface area contributed by atoms with Crippen molar-refractivity contribution in [2.24, 2.45) is 0 Å². The highest BCUT2D eigenvalue weighted by atomic mass is 35.5. The summed E-state index contributed by atoms with van der Waals surface area (Å²) in [6.45, 7) is 2.20. The van der Waals surface area contributed by atoms with Crippen molar-refractivity contribution in [2.75, 3.05) is 16.6 Å². The molecule has 0 spiro atoms. The van der Waals surface area contributed by atoms with Crippen LogP contribution in [0.5, 0.6) is 0 Å². The minimum Gasteiger partial charge on any atom is -0.342 e. The van der Waals surface area contributed by atoms with Gasteiger partial charge in [-0.05, 0) is 50.1 Å². The molecule has 2 heterocycles. The van der Waals surface area contributed by atoms with Crippen LogP contribution in [0.3, 0.4) is 0 Å². The Hall–Kier alpha value is -2.58. The van der Waals surface area contributed by atoms with E-state index in [4.69, 9.17) is 11.6 Å². The molecule has 2 N–H and O–H groups in total. The molecule has 152 valence electrons. The van der Waals surface area contributed by atoms with Gasteiger partial charge >= 0.3 is 0 Å². The number of sulfonamides is 1. The number of aromatic nitrogens is 2. The van der Waals surface area contributed by atoms with E-state index in [0.29, 0.717) is 35.1 Å². The Morgan fingerprint density at radius 3 is 2.79 bits per heavy atom. The smallest absolute Gasteiger partial charge is 0.251 e. The van der Waals surface area contributed by atoms with Gasteiger partial charge in [0, 0.05) is 12.1 Å². The number of para-hydroxylation sites is 2. The Morgan fingerprint density at radius 2 is 2.03 bits per heavy atom. The predicted octanol–water partition coefficient (Wildman–Crippen LogP) is 3.64. The molecule has 29 heavy (non-hydrogen) atoms. The fourth-order valence-corrected chi connectivity index (χ4v) is 5.35. The zero-order chi connectivity index (χ0) is 20.6. The molecule has 0 bridgehead atoms. The first-order valence-corrected chi connectivity index (χ1v) is 11.4. The molecule has 1 atom stereocenters. The fraction of sp³-hybridized carbons (Fsp3) is 0.300. The van der Waals surface area contributed by atoms with Crippen LogP contribution in [0.25, 0.3) is 11.0 Å². The number of aromatic amines is 1. The van der Waals surface area contributed by atoms with Crippen molar-refractivity contribution in [3.63, 3.8) is 0 Å². The van der Waals surface area contributed by atoms with Gasteiger partial charge in [-0.3, -0.25) is 9.10 Å². The van der Waals surface area contributed by atoms with Gasteiger partial charge in [-0.1, -0.05) is 23.7 Å². The second-order valence-electron chi connectivity index (χ2n) is 7.10. The summed E-state index contributed by atoms with van der Waals surface area (Å²) in [4.78, 5) is 20.5. The van der Waals surface area contributed by atoms with E-state index in [9.17, 15) is 13.2 Å². The van der Waals surface area contributed by atoms with E-state index in [1.54, 1.807) is 12.1 Å². The lowest BCUT2D eigenvalue weighted by atomic mass is 10.1. The first-order valence-electron chi connectivity index (χ1n) is 9.40. The molecular formula is C20H21ClN4O3S. The molecule has 4 rings (SSSR count). The van der Waals surface area contributed by atoms with Crippen LogP contribution in [0.1, 0.15) is 42.0 Å². The molecule has 7 nitrogen and oxygen atoms in total. The van der Waals surface area contributed by atoms with E-state index in [1.807, 2.05) is 31.2 Å². The number of fused-ring (bicyclic) bond motifs is 1. The molecule has 1 amide bonds. The number of hydrogen-bond acceptors (Lipinski definition) is 4. The number of halogens is 1. The van der Waals surface area contributed by atoms with E-state index >= 15 is 0 Å². The highest BCUT2D eigenvalue weighted by molar-refractivity contribution is 7.92. The van der Waals surface area contributed by atoms with Gasteiger partial charge in [-0.2, -0.15) is 0 Å². The largest absolute Gasteiger partial charge is 0.342 e. The first kappa shape index (κ1) is 19.7. The van der Waals surface area contributed by atoms with Crippen LogP contribution in [0.2, 0.25) is 5.02 Å².